The van der Waals surface area contributed by atoms with E-state index < -0.39 is 22.0 Å². The minimum Gasteiger partial charge on any atom is -0.454 e. The van der Waals surface area contributed by atoms with Gasteiger partial charge in [-0.2, -0.15) is 0 Å². The highest BCUT2D eigenvalue weighted by atomic mass is 35.5. The molecular weight excluding hydrogens is 647 g/mol. The molecule has 1 heterocycles. The molecule has 240 valence electrons. The quantitative estimate of drug-likeness (QED) is 0.145. The molecule has 0 radical (unpaired) electrons. The zero-order chi connectivity index (χ0) is 32.5. The Labute approximate surface area is 278 Å². The van der Waals surface area contributed by atoms with E-state index >= 15 is 0 Å². The van der Waals surface area contributed by atoms with Crippen molar-refractivity contribution in [2.75, 3.05) is 24.4 Å². The average molecular weight is 682 g/mol. The lowest BCUT2D eigenvalue weighted by molar-refractivity contribution is -0.123. The standard InChI is InChI=1S/C34H34Cl2N4O5S/c35-26-12-15-31(28(36)21-26)45-32-9-5-4-8-29(32)40-46(43,44)27-13-10-25(11-14-27)33(41)39-30(20-23-6-2-1-3-7-23)34(42)38-22-24-16-18-37-19-17-24/h1-15,21,24,30,37,40H,16-20,22H2,(H,38,42)(H,39,41). The van der Waals surface area contributed by atoms with Crippen molar-refractivity contribution < 1.29 is 22.7 Å². The Morgan fingerprint density at radius 2 is 1.57 bits per heavy atom. The first-order chi connectivity index (χ1) is 22.2. The van der Waals surface area contributed by atoms with E-state index in [9.17, 15) is 18.0 Å². The van der Waals surface area contributed by atoms with E-state index in [4.69, 9.17) is 27.9 Å². The van der Waals surface area contributed by atoms with Crippen molar-refractivity contribution in [3.05, 3.63) is 118 Å². The maximum atomic E-state index is 13.3. The van der Waals surface area contributed by atoms with Gasteiger partial charge in [0.15, 0.2) is 5.75 Å². The van der Waals surface area contributed by atoms with Crippen molar-refractivity contribution in [1.29, 1.82) is 0 Å². The Bertz CT molecular complexity index is 1770. The van der Waals surface area contributed by atoms with Crippen LogP contribution in [0.1, 0.15) is 28.8 Å². The van der Waals surface area contributed by atoms with Crippen molar-refractivity contribution >= 4 is 50.7 Å². The van der Waals surface area contributed by atoms with Crippen molar-refractivity contribution in [2.45, 2.75) is 30.2 Å². The number of hydrogen-bond acceptors (Lipinski definition) is 6. The zero-order valence-electron chi connectivity index (χ0n) is 24.8. The van der Waals surface area contributed by atoms with Gasteiger partial charge in [0.05, 0.1) is 15.6 Å². The lowest BCUT2D eigenvalue weighted by atomic mass is 9.98. The first-order valence-electron chi connectivity index (χ1n) is 14.9. The van der Waals surface area contributed by atoms with E-state index in [-0.39, 0.29) is 32.8 Å². The average Bonchev–Trinajstić information content (AvgIpc) is 3.06. The van der Waals surface area contributed by atoms with Gasteiger partial charge in [-0.1, -0.05) is 65.7 Å². The monoisotopic (exact) mass is 680 g/mol. The fraction of sp³-hybridized carbons (Fsp3) is 0.235. The molecule has 2 amide bonds. The molecule has 1 aliphatic rings. The molecular formula is C34H34Cl2N4O5S. The molecule has 0 spiro atoms. The molecule has 0 aliphatic carbocycles. The fourth-order valence-electron chi connectivity index (χ4n) is 5.06. The molecule has 0 saturated carbocycles. The summed E-state index contributed by atoms with van der Waals surface area (Å²) in [5.41, 5.74) is 1.30. The third-order valence-electron chi connectivity index (χ3n) is 7.60. The second kappa shape index (κ2) is 15.5. The van der Waals surface area contributed by atoms with Crippen molar-refractivity contribution in [3.8, 4) is 11.5 Å². The molecule has 1 saturated heterocycles. The second-order valence-electron chi connectivity index (χ2n) is 11.0. The largest absolute Gasteiger partial charge is 0.454 e. The highest BCUT2D eigenvalue weighted by Gasteiger charge is 2.24. The van der Waals surface area contributed by atoms with Gasteiger partial charge in [-0.25, -0.2) is 8.42 Å². The van der Waals surface area contributed by atoms with Gasteiger partial charge in [-0.3, -0.25) is 14.3 Å². The number of hydrogen-bond donors (Lipinski definition) is 4. The SMILES string of the molecule is O=C(NC(Cc1ccccc1)C(=O)NCC1CCNCC1)c1ccc(S(=O)(=O)Nc2ccccc2Oc2ccc(Cl)cc2Cl)cc1. The summed E-state index contributed by atoms with van der Waals surface area (Å²) in [5, 5.41) is 9.88. The Balaban J connectivity index is 1.26. The van der Waals surface area contributed by atoms with Crippen molar-refractivity contribution in [1.82, 2.24) is 16.0 Å². The number of rotatable bonds is 12. The predicted octanol–water partition coefficient (Wildman–Crippen LogP) is 6.04. The number of nitrogens with one attached hydrogen (secondary N) is 4. The predicted molar refractivity (Wildman–Crippen MR) is 180 cm³/mol. The van der Waals surface area contributed by atoms with E-state index in [1.54, 1.807) is 36.4 Å². The van der Waals surface area contributed by atoms with Crippen LogP contribution in [-0.4, -0.2) is 45.9 Å². The highest BCUT2D eigenvalue weighted by Crippen LogP contribution is 2.35. The molecule has 1 unspecified atom stereocenters. The Hall–Kier alpha value is -4.09. The molecule has 0 aromatic heterocycles. The van der Waals surface area contributed by atoms with Crippen LogP contribution in [0, 0.1) is 5.92 Å². The molecule has 4 aromatic carbocycles. The lowest BCUT2D eigenvalue weighted by Gasteiger charge is -2.24. The number of halogens is 2. The second-order valence-corrected chi connectivity index (χ2v) is 13.5. The van der Waals surface area contributed by atoms with Gasteiger partial charge in [-0.05, 0) is 92.0 Å². The van der Waals surface area contributed by atoms with E-state index in [1.807, 2.05) is 30.3 Å². The van der Waals surface area contributed by atoms with Crippen LogP contribution in [0.4, 0.5) is 5.69 Å². The van der Waals surface area contributed by atoms with Crippen LogP contribution < -0.4 is 25.4 Å². The van der Waals surface area contributed by atoms with E-state index in [0.29, 0.717) is 29.7 Å². The smallest absolute Gasteiger partial charge is 0.262 e. The molecule has 1 atom stereocenters. The van der Waals surface area contributed by atoms with E-state index in [0.717, 1.165) is 31.5 Å². The van der Waals surface area contributed by atoms with Crippen LogP contribution in [0.25, 0.3) is 0 Å². The minimum absolute atomic E-state index is 0.0658. The number of para-hydroxylation sites is 2. The van der Waals surface area contributed by atoms with Crippen LogP contribution in [0.15, 0.2) is 102 Å². The molecule has 46 heavy (non-hydrogen) atoms. The molecule has 9 nitrogen and oxygen atoms in total. The summed E-state index contributed by atoms with van der Waals surface area (Å²) in [6.07, 6.45) is 2.27. The zero-order valence-corrected chi connectivity index (χ0v) is 27.2. The number of carbonyl (C=O) groups is 2. The lowest BCUT2D eigenvalue weighted by Crippen LogP contribution is -2.49. The molecule has 1 fully saturated rings. The van der Waals surface area contributed by atoms with Crippen LogP contribution in [-0.2, 0) is 21.2 Å². The molecule has 1 aliphatic heterocycles. The van der Waals surface area contributed by atoms with E-state index in [2.05, 4.69) is 20.7 Å². The summed E-state index contributed by atoms with van der Waals surface area (Å²) < 4.78 is 35.0. The first-order valence-corrected chi connectivity index (χ1v) is 17.1. The van der Waals surface area contributed by atoms with Gasteiger partial charge in [0.25, 0.3) is 15.9 Å². The first kappa shape index (κ1) is 33.3. The Morgan fingerprint density at radius 1 is 0.870 bits per heavy atom. The Morgan fingerprint density at radius 3 is 2.28 bits per heavy atom. The molecule has 0 bridgehead atoms. The number of sulfonamides is 1. The molecule has 4 N–H and O–H groups in total. The number of anilines is 1. The number of amides is 2. The third kappa shape index (κ3) is 9.01. The molecule has 5 rings (SSSR count). The van der Waals surface area contributed by atoms with Crippen molar-refractivity contribution in [2.24, 2.45) is 5.92 Å². The summed E-state index contributed by atoms with van der Waals surface area (Å²) in [5.74, 6) is 0.163. The summed E-state index contributed by atoms with van der Waals surface area (Å²) in [6, 6.07) is 25.4. The van der Waals surface area contributed by atoms with Gasteiger partial charge < -0.3 is 20.7 Å². The van der Waals surface area contributed by atoms with Crippen LogP contribution >= 0.6 is 23.2 Å². The normalized spacial score (nSPS) is 14.2. The topological polar surface area (TPSA) is 126 Å². The molecule has 12 heteroatoms. The minimum atomic E-state index is -4.07. The Kier molecular flexibility index (Phi) is 11.2. The van der Waals surface area contributed by atoms with Crippen LogP contribution in [0.3, 0.4) is 0 Å². The van der Waals surface area contributed by atoms with Gasteiger partial charge in [-0.15, -0.1) is 0 Å². The number of benzene rings is 4. The summed E-state index contributed by atoms with van der Waals surface area (Å²) in [6.45, 7) is 2.39. The maximum Gasteiger partial charge on any atom is 0.262 e. The third-order valence-corrected chi connectivity index (χ3v) is 9.51. The molecule has 4 aromatic rings. The van der Waals surface area contributed by atoms with Gasteiger partial charge in [0.1, 0.15) is 11.8 Å². The van der Waals surface area contributed by atoms with E-state index in [1.165, 1.54) is 30.3 Å². The number of ether oxygens (including phenoxy) is 1. The number of carbonyl (C=O) groups excluding carboxylic acids is 2. The van der Waals surface area contributed by atoms with Crippen LogP contribution in [0.2, 0.25) is 10.0 Å². The summed E-state index contributed by atoms with van der Waals surface area (Å²) in [4.78, 5) is 26.4. The van der Waals surface area contributed by atoms with Crippen molar-refractivity contribution in [3.63, 3.8) is 0 Å². The maximum absolute atomic E-state index is 13.3. The number of piperidine rings is 1. The van der Waals surface area contributed by atoms with Gasteiger partial charge in [0, 0.05) is 23.6 Å². The van der Waals surface area contributed by atoms with Crippen LogP contribution in [0.5, 0.6) is 11.5 Å². The van der Waals surface area contributed by atoms with Gasteiger partial charge in [0.2, 0.25) is 5.91 Å². The highest BCUT2D eigenvalue weighted by molar-refractivity contribution is 7.92. The summed E-state index contributed by atoms with van der Waals surface area (Å²) >= 11 is 12.2. The van der Waals surface area contributed by atoms with Gasteiger partial charge >= 0.3 is 0 Å². The fourth-order valence-corrected chi connectivity index (χ4v) is 6.58. The summed E-state index contributed by atoms with van der Waals surface area (Å²) in [7, 11) is -4.07.